The molecule has 6 heterocycles. The molecule has 0 radical (unpaired) electrons. The molecule has 592 valence electrons. The first-order valence-electron chi connectivity index (χ1n) is 42.6. The summed E-state index contributed by atoms with van der Waals surface area (Å²) in [6.45, 7) is 6.62. The van der Waals surface area contributed by atoms with Crippen molar-refractivity contribution in [2.75, 3.05) is 0 Å². The van der Waals surface area contributed by atoms with Gasteiger partial charge in [-0.25, -0.2) is 29.9 Å². The Labute approximate surface area is 729 Å². The van der Waals surface area contributed by atoms with Crippen LogP contribution < -0.4 is 0 Å². The van der Waals surface area contributed by atoms with E-state index in [9.17, 15) is 0 Å². The van der Waals surface area contributed by atoms with Crippen LogP contribution in [0.2, 0.25) is 0 Å². The van der Waals surface area contributed by atoms with Gasteiger partial charge in [0.25, 0.3) is 0 Å². The Kier molecular flexibility index (Phi) is 18.3. The Morgan fingerprint density at radius 3 is 0.714 bits per heavy atom. The van der Waals surface area contributed by atoms with E-state index < -0.39 is 0 Å². The monoisotopic (exact) mass is 1610 g/mol. The summed E-state index contributed by atoms with van der Waals surface area (Å²) in [5.74, 6) is 4.55. The molecular weight excluding hydrogens is 1540 g/mol. The minimum atomic E-state index is 0.616. The molecule has 0 fully saturated rings. The van der Waals surface area contributed by atoms with Gasteiger partial charge < -0.3 is 4.57 Å². The van der Waals surface area contributed by atoms with Crippen molar-refractivity contribution < 1.29 is 0 Å². The number of hydrogen-bond acceptors (Lipinski definition) is 8. The van der Waals surface area contributed by atoms with Crippen LogP contribution in [-0.2, 0) is 0 Å². The summed E-state index contributed by atoms with van der Waals surface area (Å²) >= 11 is 0. The number of fused-ring (bicyclic) bond motifs is 15. The second kappa shape index (κ2) is 31.0. The summed E-state index contributed by atoms with van der Waals surface area (Å²) in [6.07, 6.45) is 0. The molecule has 0 amide bonds. The lowest BCUT2D eigenvalue weighted by atomic mass is 9.94. The molecule has 22 aromatic rings. The first-order chi connectivity index (χ1) is 62.3. The predicted octanol–water partition coefficient (Wildman–Crippen LogP) is 28.6. The van der Waals surface area contributed by atoms with E-state index in [1.807, 2.05) is 133 Å². The molecule has 0 aliphatic heterocycles. The summed E-state index contributed by atoms with van der Waals surface area (Å²) in [4.78, 5) is 40.3. The van der Waals surface area contributed by atoms with Crippen molar-refractivity contribution in [2.24, 2.45) is 0 Å². The minimum absolute atomic E-state index is 0.616. The lowest BCUT2D eigenvalue weighted by Gasteiger charge is -2.14. The van der Waals surface area contributed by atoms with E-state index in [-0.39, 0.29) is 0 Å². The van der Waals surface area contributed by atoms with Gasteiger partial charge in [-0.2, -0.15) is 9.97 Å². The maximum atomic E-state index is 5.18. The van der Waals surface area contributed by atoms with Gasteiger partial charge >= 0.3 is 0 Å². The number of aromatic nitrogens is 11. The van der Waals surface area contributed by atoms with Gasteiger partial charge in [0.05, 0.1) is 27.9 Å². The van der Waals surface area contributed by atoms with Crippen molar-refractivity contribution in [3.05, 3.63) is 430 Å². The van der Waals surface area contributed by atoms with Crippen LogP contribution in [0.4, 0.5) is 0 Å². The Hall–Kier alpha value is -16.8. The molecule has 6 aromatic heterocycles. The molecule has 126 heavy (non-hydrogen) atoms. The normalized spacial score (nSPS) is 11.6. The highest BCUT2D eigenvalue weighted by Gasteiger charge is 2.32. The van der Waals surface area contributed by atoms with E-state index in [0.717, 1.165) is 78.4 Å². The van der Waals surface area contributed by atoms with Gasteiger partial charge in [-0.15, -0.1) is 0 Å². The number of benzene rings is 16. The van der Waals surface area contributed by atoms with Crippen LogP contribution in [-0.4, -0.2) is 53.6 Å². The van der Waals surface area contributed by atoms with E-state index in [1.54, 1.807) is 0 Å². The maximum Gasteiger partial charge on any atom is 0.238 e. The van der Waals surface area contributed by atoms with Gasteiger partial charge in [0.2, 0.25) is 11.9 Å². The summed E-state index contributed by atoms with van der Waals surface area (Å²) in [6, 6.07) is 144. The fraction of sp³-hybridized carbons (Fsp3) is 0.0261. The SMILES string of the molecule is Cc1c2c3c(cccc3n1-c1cccc(-c3nc(-c4ccccc4)nc(-c4ccccc4)n3)c1)-c1ccccc1-c1ccccc1-2.Cc1c2c3c(cccc3n1-c1nc(-c3ccccc3)cc(-c3ccccc3)n1)-c1ccccc1-c1ccccc1-2.Cc1c2c3c(cccc3n1-c1nc(-c3ccccc3)nc(-c3ccccc3)n1)-c1ccccc1-c1ccccc1-2. The van der Waals surface area contributed by atoms with Gasteiger partial charge in [0.1, 0.15) is 0 Å². The lowest BCUT2D eigenvalue weighted by Crippen LogP contribution is -2.07. The van der Waals surface area contributed by atoms with Gasteiger partial charge in [0, 0.05) is 94.6 Å². The second-order valence-electron chi connectivity index (χ2n) is 32.0. The highest BCUT2D eigenvalue weighted by atomic mass is 15.2. The first kappa shape index (κ1) is 74.3. The van der Waals surface area contributed by atoms with Crippen molar-refractivity contribution >= 4 is 32.7 Å². The van der Waals surface area contributed by atoms with Gasteiger partial charge in [0.15, 0.2) is 29.1 Å². The first-order valence-corrected chi connectivity index (χ1v) is 42.6. The summed E-state index contributed by atoms with van der Waals surface area (Å²) in [5, 5.41) is 3.74. The Bertz CT molecular complexity index is 7560. The summed E-state index contributed by atoms with van der Waals surface area (Å²) < 4.78 is 6.84. The van der Waals surface area contributed by atoms with Crippen molar-refractivity contribution in [3.63, 3.8) is 0 Å². The fourth-order valence-electron chi connectivity index (χ4n) is 19.2. The zero-order chi connectivity index (χ0) is 83.9. The molecule has 0 bridgehead atoms. The third kappa shape index (κ3) is 12.7. The van der Waals surface area contributed by atoms with E-state index in [1.165, 1.54) is 128 Å². The van der Waals surface area contributed by atoms with Crippen LogP contribution in [0, 0.1) is 20.8 Å². The van der Waals surface area contributed by atoms with Crippen molar-refractivity contribution in [1.82, 2.24) is 53.6 Å². The molecule has 16 aromatic carbocycles. The molecule has 0 atom stereocenters. The van der Waals surface area contributed by atoms with Crippen LogP contribution >= 0.6 is 0 Å². The number of hydrogen-bond donors (Lipinski definition) is 0. The van der Waals surface area contributed by atoms with Crippen molar-refractivity contribution in [2.45, 2.75) is 20.8 Å². The topological polar surface area (TPSA) is 118 Å². The van der Waals surface area contributed by atoms with E-state index >= 15 is 0 Å². The molecule has 0 saturated heterocycles. The molecule has 3 aliphatic rings. The zero-order valence-electron chi connectivity index (χ0n) is 69.2. The highest BCUT2D eigenvalue weighted by molar-refractivity contribution is 6.18. The molecule has 25 rings (SSSR count). The number of nitrogens with zero attached hydrogens (tertiary/aromatic N) is 11. The summed E-state index contributed by atoms with van der Waals surface area (Å²) in [5.41, 5.74) is 39.1. The zero-order valence-corrected chi connectivity index (χ0v) is 69.2. The molecule has 11 heteroatoms. The van der Waals surface area contributed by atoms with E-state index in [4.69, 9.17) is 39.9 Å². The van der Waals surface area contributed by atoms with Crippen molar-refractivity contribution in [3.8, 4) is 197 Å². The van der Waals surface area contributed by atoms with Crippen LogP contribution in [0.5, 0.6) is 0 Å². The third-order valence-electron chi connectivity index (χ3n) is 24.8. The smallest absolute Gasteiger partial charge is 0.238 e. The molecule has 0 saturated carbocycles. The average molecular weight is 1610 g/mol. The van der Waals surface area contributed by atoms with Crippen LogP contribution in [0.1, 0.15) is 17.1 Å². The Morgan fingerprint density at radius 1 is 0.167 bits per heavy atom. The largest absolute Gasteiger partial charge is 0.313 e. The quantitative estimate of drug-likeness (QED) is 0.133. The minimum Gasteiger partial charge on any atom is -0.313 e. The van der Waals surface area contributed by atoms with Crippen LogP contribution in [0.25, 0.3) is 230 Å². The standard InChI is InChI=1S/C42H28N4.C37H25N3.C36H24N4/c1-27-38-35-23-11-10-21-33(35)32-20-8-9-22-34(32)36-24-13-25-37(39(36)38)46(27)31-19-12-18-30(26-31)42-44-40(28-14-4-2-5-15-28)43-41(45-42)29-16-6-3-7-17-29;1-24-35-30-20-11-10-18-28(30)27-17-8-9-19-29(27)31-21-12-22-34(36(31)35)40(24)37-38-32(25-13-4-2-5-14-25)23-33(39-37)26-15-6-3-7-16-26;1-23-32-29-20-11-10-18-27(29)26-17-8-9-19-28(26)30-21-12-22-31(33(30)32)40(23)36-38-34(24-13-4-2-5-14-24)37-35(39-36)25-15-6-3-7-16-25/h2-26H,1H3;2-23H,1H3;2-22H,1H3. The molecule has 0 unspecified atom stereocenters. The molecule has 0 N–H and O–H groups in total. The molecule has 0 spiro atoms. The number of rotatable bonds is 10. The van der Waals surface area contributed by atoms with E-state index in [2.05, 4.69) is 314 Å². The Morgan fingerprint density at radius 2 is 0.389 bits per heavy atom. The van der Waals surface area contributed by atoms with Gasteiger partial charge in [-0.3, -0.25) is 9.13 Å². The lowest BCUT2D eigenvalue weighted by molar-refractivity contribution is 0.908. The average Bonchev–Trinajstić information content (AvgIpc) is 1.57. The van der Waals surface area contributed by atoms with E-state index in [0.29, 0.717) is 41.0 Å². The predicted molar refractivity (Wildman–Crippen MR) is 514 cm³/mol. The molecule has 11 nitrogen and oxygen atoms in total. The van der Waals surface area contributed by atoms with Crippen LogP contribution in [0.15, 0.2) is 413 Å². The maximum absolute atomic E-state index is 5.18. The molecular formula is C115H77N11. The van der Waals surface area contributed by atoms with Gasteiger partial charge in [-0.05, 0) is 141 Å². The second-order valence-corrected chi connectivity index (χ2v) is 32.0. The Balaban J connectivity index is 0.000000109. The van der Waals surface area contributed by atoms with Crippen molar-refractivity contribution in [1.29, 1.82) is 0 Å². The van der Waals surface area contributed by atoms with Crippen LogP contribution in [0.3, 0.4) is 0 Å². The third-order valence-corrected chi connectivity index (χ3v) is 24.8. The van der Waals surface area contributed by atoms with Gasteiger partial charge in [-0.1, -0.05) is 376 Å². The molecule has 3 aliphatic carbocycles. The fourth-order valence-corrected chi connectivity index (χ4v) is 19.2. The summed E-state index contributed by atoms with van der Waals surface area (Å²) in [7, 11) is 0. The highest BCUT2D eigenvalue weighted by Crippen LogP contribution is 2.55.